The van der Waals surface area contributed by atoms with Crippen molar-refractivity contribution in [3.63, 3.8) is 0 Å². The number of hydrogen-bond donors (Lipinski definition) is 2. The molecule has 3 aromatic rings. The molecule has 0 aliphatic heterocycles. The van der Waals surface area contributed by atoms with Gasteiger partial charge in [-0.2, -0.15) is 0 Å². The number of aryl methyl sites for hydroxylation is 1. The zero-order valence-corrected chi connectivity index (χ0v) is 12.8. The second-order valence-electron chi connectivity index (χ2n) is 5.40. The number of rotatable bonds is 4. The van der Waals surface area contributed by atoms with Gasteiger partial charge < -0.3 is 19.4 Å². The number of aromatic amines is 1. The van der Waals surface area contributed by atoms with Crippen LogP contribution >= 0.6 is 0 Å². The SMILES string of the molecule is Cc1oc(CN(C)C(=O)c2cccc3cc[nH]c23)cc1C(=O)O. The summed E-state index contributed by atoms with van der Waals surface area (Å²) in [4.78, 5) is 28.2. The highest BCUT2D eigenvalue weighted by Crippen LogP contribution is 2.20. The predicted octanol–water partition coefficient (Wildman–Crippen LogP) is 3.04. The number of furan rings is 1. The molecule has 2 aromatic heterocycles. The van der Waals surface area contributed by atoms with E-state index in [-0.39, 0.29) is 18.0 Å². The largest absolute Gasteiger partial charge is 0.478 e. The average Bonchev–Trinajstić information content (AvgIpc) is 3.12. The van der Waals surface area contributed by atoms with Crippen molar-refractivity contribution in [2.24, 2.45) is 0 Å². The zero-order chi connectivity index (χ0) is 16.6. The number of carbonyl (C=O) groups excluding carboxylic acids is 1. The van der Waals surface area contributed by atoms with Gasteiger partial charge in [-0.15, -0.1) is 0 Å². The highest BCUT2D eigenvalue weighted by Gasteiger charge is 2.19. The molecule has 1 amide bonds. The number of carboxylic acid groups (broad SMARTS) is 1. The van der Waals surface area contributed by atoms with Crippen LogP contribution in [0.2, 0.25) is 0 Å². The summed E-state index contributed by atoms with van der Waals surface area (Å²) in [5, 5.41) is 10.0. The Morgan fingerprint density at radius 3 is 2.74 bits per heavy atom. The van der Waals surface area contributed by atoms with Gasteiger partial charge in [-0.3, -0.25) is 4.79 Å². The highest BCUT2D eigenvalue weighted by atomic mass is 16.4. The Balaban J connectivity index is 1.84. The first-order valence-corrected chi connectivity index (χ1v) is 7.11. The number of H-pyrrole nitrogens is 1. The fourth-order valence-electron chi connectivity index (χ4n) is 2.61. The van der Waals surface area contributed by atoms with Crippen molar-refractivity contribution in [1.82, 2.24) is 9.88 Å². The van der Waals surface area contributed by atoms with Crippen LogP contribution in [-0.4, -0.2) is 33.9 Å². The maximum atomic E-state index is 12.6. The van der Waals surface area contributed by atoms with Gasteiger partial charge in [-0.25, -0.2) is 4.79 Å². The number of para-hydroxylation sites is 1. The van der Waals surface area contributed by atoms with Gasteiger partial charge in [0.15, 0.2) is 0 Å². The molecule has 23 heavy (non-hydrogen) atoms. The standard InChI is InChI=1S/C17H16N2O4/c1-10-14(17(21)22)8-12(23-10)9-19(2)16(20)13-5-3-4-11-6-7-18-15(11)13/h3-8,18H,9H2,1-2H3,(H,21,22). The third-order valence-corrected chi connectivity index (χ3v) is 3.76. The number of amides is 1. The van der Waals surface area contributed by atoms with E-state index in [1.54, 1.807) is 26.2 Å². The van der Waals surface area contributed by atoms with Gasteiger partial charge in [0, 0.05) is 18.6 Å². The van der Waals surface area contributed by atoms with Crippen molar-refractivity contribution in [3.8, 4) is 0 Å². The monoisotopic (exact) mass is 312 g/mol. The number of benzene rings is 1. The van der Waals surface area contributed by atoms with Crippen molar-refractivity contribution < 1.29 is 19.1 Å². The molecule has 0 unspecified atom stereocenters. The summed E-state index contributed by atoms with van der Waals surface area (Å²) in [6.07, 6.45) is 1.79. The van der Waals surface area contributed by atoms with E-state index in [4.69, 9.17) is 9.52 Å². The summed E-state index contributed by atoms with van der Waals surface area (Å²) in [5.74, 6) is -0.430. The Morgan fingerprint density at radius 1 is 1.26 bits per heavy atom. The van der Waals surface area contributed by atoms with Gasteiger partial charge in [0.25, 0.3) is 5.91 Å². The Morgan fingerprint density at radius 2 is 2.04 bits per heavy atom. The van der Waals surface area contributed by atoms with Crippen molar-refractivity contribution in [2.45, 2.75) is 13.5 Å². The summed E-state index contributed by atoms with van der Waals surface area (Å²) >= 11 is 0. The van der Waals surface area contributed by atoms with E-state index in [9.17, 15) is 9.59 Å². The van der Waals surface area contributed by atoms with Crippen molar-refractivity contribution in [2.75, 3.05) is 7.05 Å². The zero-order valence-electron chi connectivity index (χ0n) is 12.8. The van der Waals surface area contributed by atoms with E-state index in [0.29, 0.717) is 17.1 Å². The number of aromatic carboxylic acids is 1. The van der Waals surface area contributed by atoms with Crippen LogP contribution in [0.25, 0.3) is 10.9 Å². The molecule has 0 bridgehead atoms. The Kier molecular flexibility index (Phi) is 3.65. The van der Waals surface area contributed by atoms with Crippen LogP contribution < -0.4 is 0 Å². The molecule has 6 nitrogen and oxygen atoms in total. The molecule has 2 N–H and O–H groups in total. The number of carbonyl (C=O) groups is 2. The van der Waals surface area contributed by atoms with Gasteiger partial charge in [0.05, 0.1) is 17.6 Å². The summed E-state index contributed by atoms with van der Waals surface area (Å²) in [6.45, 7) is 1.79. The summed E-state index contributed by atoms with van der Waals surface area (Å²) < 4.78 is 5.42. The number of nitrogens with one attached hydrogen (secondary N) is 1. The molecular weight excluding hydrogens is 296 g/mol. The second kappa shape index (κ2) is 5.64. The molecule has 118 valence electrons. The van der Waals surface area contributed by atoms with E-state index in [1.165, 1.54) is 11.0 Å². The molecule has 0 spiro atoms. The van der Waals surface area contributed by atoms with Gasteiger partial charge >= 0.3 is 5.97 Å². The summed E-state index contributed by atoms with van der Waals surface area (Å²) in [6, 6.07) is 8.88. The number of fused-ring (bicyclic) bond motifs is 1. The molecule has 0 radical (unpaired) electrons. The molecular formula is C17H16N2O4. The van der Waals surface area contributed by atoms with Crippen molar-refractivity contribution in [3.05, 3.63) is 59.2 Å². The lowest BCUT2D eigenvalue weighted by Crippen LogP contribution is -2.26. The third kappa shape index (κ3) is 2.70. The first-order chi connectivity index (χ1) is 11.0. The highest BCUT2D eigenvalue weighted by molar-refractivity contribution is 6.05. The Bertz CT molecular complexity index is 891. The van der Waals surface area contributed by atoms with Gasteiger partial charge in [-0.05, 0) is 25.1 Å². The quantitative estimate of drug-likeness (QED) is 0.775. The van der Waals surface area contributed by atoms with Crippen LogP contribution in [0.3, 0.4) is 0 Å². The van der Waals surface area contributed by atoms with Crippen LogP contribution in [0.4, 0.5) is 0 Å². The van der Waals surface area contributed by atoms with Crippen molar-refractivity contribution in [1.29, 1.82) is 0 Å². The molecule has 0 saturated heterocycles. The maximum absolute atomic E-state index is 12.6. The molecule has 0 aliphatic rings. The average molecular weight is 312 g/mol. The van der Waals surface area contributed by atoms with Gasteiger partial charge in [-0.1, -0.05) is 12.1 Å². The Labute approximate surface area is 132 Å². The fourth-order valence-corrected chi connectivity index (χ4v) is 2.61. The summed E-state index contributed by atoms with van der Waals surface area (Å²) in [5.41, 5.74) is 1.47. The molecule has 3 rings (SSSR count). The van der Waals surface area contributed by atoms with E-state index >= 15 is 0 Å². The molecule has 6 heteroatoms. The fraction of sp³-hybridized carbons (Fsp3) is 0.176. The topological polar surface area (TPSA) is 86.5 Å². The molecule has 0 atom stereocenters. The van der Waals surface area contributed by atoms with Crippen LogP contribution in [0.5, 0.6) is 0 Å². The maximum Gasteiger partial charge on any atom is 0.339 e. The Hall–Kier alpha value is -3.02. The van der Waals surface area contributed by atoms with Crippen LogP contribution in [0, 0.1) is 6.92 Å². The van der Waals surface area contributed by atoms with E-state index < -0.39 is 5.97 Å². The molecule has 2 heterocycles. The number of aromatic nitrogens is 1. The van der Waals surface area contributed by atoms with Gasteiger partial charge in [0.2, 0.25) is 0 Å². The first kappa shape index (κ1) is 14.9. The number of hydrogen-bond acceptors (Lipinski definition) is 3. The first-order valence-electron chi connectivity index (χ1n) is 7.11. The van der Waals surface area contributed by atoms with Gasteiger partial charge in [0.1, 0.15) is 17.1 Å². The molecule has 0 saturated carbocycles. The third-order valence-electron chi connectivity index (χ3n) is 3.76. The minimum Gasteiger partial charge on any atom is -0.478 e. The van der Waals surface area contributed by atoms with E-state index in [2.05, 4.69) is 4.98 Å². The second-order valence-corrected chi connectivity index (χ2v) is 5.40. The summed E-state index contributed by atoms with van der Waals surface area (Å²) in [7, 11) is 1.66. The minimum absolute atomic E-state index is 0.118. The van der Waals surface area contributed by atoms with E-state index in [0.717, 1.165) is 10.9 Å². The predicted molar refractivity (Wildman–Crippen MR) is 84.5 cm³/mol. The molecule has 1 aromatic carbocycles. The van der Waals surface area contributed by atoms with E-state index in [1.807, 2.05) is 18.2 Å². The number of carboxylic acids is 1. The normalized spacial score (nSPS) is 10.9. The lowest BCUT2D eigenvalue weighted by atomic mass is 10.1. The molecule has 0 fully saturated rings. The lowest BCUT2D eigenvalue weighted by Gasteiger charge is -2.16. The molecule has 0 aliphatic carbocycles. The van der Waals surface area contributed by atoms with Crippen molar-refractivity contribution >= 4 is 22.8 Å². The smallest absolute Gasteiger partial charge is 0.339 e. The van der Waals surface area contributed by atoms with Crippen LogP contribution in [0.15, 0.2) is 40.9 Å². The minimum atomic E-state index is -1.04. The van der Waals surface area contributed by atoms with Crippen LogP contribution in [0.1, 0.15) is 32.2 Å². The number of nitrogens with zero attached hydrogens (tertiary/aromatic N) is 1. The lowest BCUT2D eigenvalue weighted by molar-refractivity contribution is 0.0694. The van der Waals surface area contributed by atoms with Crippen LogP contribution in [-0.2, 0) is 6.54 Å².